The summed E-state index contributed by atoms with van der Waals surface area (Å²) in [5, 5.41) is 7.18. The van der Waals surface area contributed by atoms with Gasteiger partial charge in [-0.25, -0.2) is 4.39 Å². The van der Waals surface area contributed by atoms with E-state index in [1.807, 2.05) is 37.3 Å². The van der Waals surface area contributed by atoms with E-state index in [1.165, 1.54) is 36.0 Å². The van der Waals surface area contributed by atoms with Gasteiger partial charge in [0.05, 0.1) is 5.25 Å². The minimum Gasteiger partial charge on any atom is -0.325 e. The molecule has 2 amide bonds. The van der Waals surface area contributed by atoms with Gasteiger partial charge in [0.15, 0.2) is 5.17 Å². The number of halogens is 1. The number of para-hydroxylation sites is 1. The number of anilines is 2. The normalized spacial score (nSPS) is 18.5. The molecule has 2 heterocycles. The van der Waals surface area contributed by atoms with Gasteiger partial charge in [-0.3, -0.25) is 24.8 Å². The number of hydrazone groups is 1. The van der Waals surface area contributed by atoms with Crippen molar-refractivity contribution in [2.24, 2.45) is 5.10 Å². The molecule has 0 fully saturated rings. The predicted molar refractivity (Wildman–Crippen MR) is 116 cm³/mol. The topological polar surface area (TPSA) is 77.0 Å². The van der Waals surface area contributed by atoms with Crippen LogP contribution in [0.5, 0.6) is 0 Å². The van der Waals surface area contributed by atoms with E-state index in [9.17, 15) is 14.0 Å². The smallest absolute Gasteiger partial charge is 0.276 e. The maximum Gasteiger partial charge on any atom is 0.276 e. The number of nitrogens with one attached hydrogen (secondary N) is 2. The molecule has 0 aromatic heterocycles. The van der Waals surface area contributed by atoms with Crippen LogP contribution in [0.25, 0.3) is 0 Å². The predicted octanol–water partition coefficient (Wildman–Crippen LogP) is 3.30. The van der Waals surface area contributed by atoms with Gasteiger partial charge < -0.3 is 5.32 Å². The average molecular weight is 425 g/mol. The van der Waals surface area contributed by atoms with E-state index in [0.717, 1.165) is 5.69 Å². The average Bonchev–Trinajstić information content (AvgIpc) is 3.18. The molecule has 9 heteroatoms. The third-order valence-corrected chi connectivity index (χ3v) is 6.03. The van der Waals surface area contributed by atoms with Crippen LogP contribution < -0.4 is 15.6 Å². The first-order valence-electron chi connectivity index (χ1n) is 9.48. The van der Waals surface area contributed by atoms with Gasteiger partial charge in [0.2, 0.25) is 12.1 Å². The minimum atomic E-state index is -0.657. The van der Waals surface area contributed by atoms with E-state index in [0.29, 0.717) is 17.3 Å². The van der Waals surface area contributed by atoms with Crippen molar-refractivity contribution < 1.29 is 14.0 Å². The summed E-state index contributed by atoms with van der Waals surface area (Å²) < 4.78 is 13.1. The zero-order valence-electron chi connectivity index (χ0n) is 16.2. The highest BCUT2D eigenvalue weighted by atomic mass is 32.2. The molecular weight excluding hydrogens is 405 g/mol. The highest BCUT2D eigenvalue weighted by Crippen LogP contribution is 2.28. The van der Waals surface area contributed by atoms with Crippen LogP contribution in [-0.4, -0.2) is 33.3 Å². The number of amidine groups is 1. The van der Waals surface area contributed by atoms with Crippen molar-refractivity contribution in [2.45, 2.75) is 24.8 Å². The van der Waals surface area contributed by atoms with Crippen molar-refractivity contribution >= 4 is 40.1 Å². The maximum absolute atomic E-state index is 13.1. The second-order valence-corrected chi connectivity index (χ2v) is 7.86. The summed E-state index contributed by atoms with van der Waals surface area (Å²) in [6, 6.07) is 15.0. The zero-order chi connectivity index (χ0) is 21.1. The molecule has 154 valence electrons. The Kier molecular flexibility index (Phi) is 5.71. The lowest BCUT2D eigenvalue weighted by Gasteiger charge is -2.32. The van der Waals surface area contributed by atoms with Crippen molar-refractivity contribution in [3.8, 4) is 0 Å². The van der Waals surface area contributed by atoms with Crippen molar-refractivity contribution in [2.75, 3.05) is 10.2 Å². The fraction of sp³-hybridized carbons (Fsp3) is 0.190. The number of thioether (sulfide) groups is 1. The van der Waals surface area contributed by atoms with Gasteiger partial charge in [-0.15, -0.1) is 0 Å². The lowest BCUT2D eigenvalue weighted by atomic mass is 10.2. The number of nitrogens with zero attached hydrogens (tertiary/aromatic N) is 3. The van der Waals surface area contributed by atoms with Crippen LogP contribution in [0.2, 0.25) is 0 Å². The van der Waals surface area contributed by atoms with Gasteiger partial charge >= 0.3 is 0 Å². The fourth-order valence-electron chi connectivity index (χ4n) is 3.11. The van der Waals surface area contributed by atoms with Crippen molar-refractivity contribution in [3.05, 3.63) is 72.8 Å². The summed E-state index contributed by atoms with van der Waals surface area (Å²) in [5.74, 6) is -0.733. The molecule has 0 spiro atoms. The summed E-state index contributed by atoms with van der Waals surface area (Å²) in [7, 11) is 0. The highest BCUT2D eigenvalue weighted by Gasteiger charge is 2.39. The Morgan fingerprint density at radius 1 is 1.20 bits per heavy atom. The molecule has 2 aliphatic heterocycles. The van der Waals surface area contributed by atoms with E-state index in [2.05, 4.69) is 15.8 Å². The maximum atomic E-state index is 13.1. The molecule has 30 heavy (non-hydrogen) atoms. The number of hydrogen-bond acceptors (Lipinski definition) is 6. The molecule has 2 unspecified atom stereocenters. The lowest BCUT2D eigenvalue weighted by Crippen LogP contribution is -2.52. The van der Waals surface area contributed by atoms with Gasteiger partial charge in [0.25, 0.3) is 5.91 Å². The molecule has 4 rings (SSSR count). The van der Waals surface area contributed by atoms with E-state index in [4.69, 9.17) is 0 Å². The summed E-state index contributed by atoms with van der Waals surface area (Å²) >= 11 is 1.27. The lowest BCUT2D eigenvalue weighted by molar-refractivity contribution is -0.122. The summed E-state index contributed by atoms with van der Waals surface area (Å²) in [6.45, 7) is 1.90. The standard InChI is InChI=1S/C21H20FN5O2S/c1-2-17(19(28)23-15-10-8-14(22)9-11-15)30-21-25-24-18-20(29)26(12-13-27(18)21)16-6-4-3-5-7-16/h3-13,17-18,24H,2H2,1H3,(H,23,28). The van der Waals surface area contributed by atoms with E-state index < -0.39 is 11.4 Å². The van der Waals surface area contributed by atoms with Crippen LogP contribution in [-0.2, 0) is 9.59 Å². The molecule has 0 aliphatic carbocycles. The van der Waals surface area contributed by atoms with Gasteiger partial charge in [0.1, 0.15) is 5.82 Å². The molecule has 7 nitrogen and oxygen atoms in total. The number of carbonyl (C=O) groups is 2. The Hall–Kier alpha value is -3.33. The SMILES string of the molecule is CCC(SC1=NNC2C(=O)N(c3ccccc3)C=CN12)C(=O)Nc1ccc(F)cc1. The van der Waals surface area contributed by atoms with E-state index in [-0.39, 0.29) is 17.6 Å². The van der Waals surface area contributed by atoms with Crippen molar-refractivity contribution in [1.29, 1.82) is 0 Å². The Bertz CT molecular complexity index is 996. The van der Waals surface area contributed by atoms with Crippen LogP contribution in [0.3, 0.4) is 0 Å². The summed E-state index contributed by atoms with van der Waals surface area (Å²) in [6.07, 6.45) is 3.37. The quantitative estimate of drug-likeness (QED) is 0.769. The first-order chi connectivity index (χ1) is 14.6. The Balaban J connectivity index is 1.44. The summed E-state index contributed by atoms with van der Waals surface area (Å²) in [4.78, 5) is 28.8. The third-order valence-electron chi connectivity index (χ3n) is 4.69. The molecule has 0 bridgehead atoms. The van der Waals surface area contributed by atoms with Gasteiger partial charge in [-0.2, -0.15) is 5.10 Å². The van der Waals surface area contributed by atoms with Gasteiger partial charge in [-0.1, -0.05) is 36.9 Å². The number of carbonyl (C=O) groups excluding carboxylic acids is 2. The highest BCUT2D eigenvalue weighted by molar-refractivity contribution is 8.14. The van der Waals surface area contributed by atoms with Gasteiger partial charge in [0, 0.05) is 23.8 Å². The molecule has 2 N–H and O–H groups in total. The van der Waals surface area contributed by atoms with E-state index >= 15 is 0 Å². The Morgan fingerprint density at radius 2 is 1.93 bits per heavy atom. The number of hydrogen-bond donors (Lipinski definition) is 2. The monoisotopic (exact) mass is 425 g/mol. The van der Waals surface area contributed by atoms with Crippen LogP contribution in [0.4, 0.5) is 15.8 Å². The molecule has 2 aromatic carbocycles. The molecule has 2 atom stereocenters. The molecule has 2 aliphatic rings. The first kappa shape index (κ1) is 20.0. The molecule has 0 saturated heterocycles. The third kappa shape index (κ3) is 4.02. The fourth-order valence-corrected chi connectivity index (χ4v) is 4.09. The minimum absolute atomic E-state index is 0.160. The Labute approximate surface area is 177 Å². The number of fused-ring (bicyclic) bond motifs is 1. The largest absolute Gasteiger partial charge is 0.325 e. The first-order valence-corrected chi connectivity index (χ1v) is 10.4. The van der Waals surface area contributed by atoms with Crippen LogP contribution in [0, 0.1) is 5.82 Å². The van der Waals surface area contributed by atoms with E-state index in [1.54, 1.807) is 22.2 Å². The van der Waals surface area contributed by atoms with Gasteiger partial charge in [-0.05, 0) is 42.8 Å². The van der Waals surface area contributed by atoms with Crippen molar-refractivity contribution in [3.63, 3.8) is 0 Å². The zero-order valence-corrected chi connectivity index (χ0v) is 17.0. The summed E-state index contributed by atoms with van der Waals surface area (Å²) in [5.41, 5.74) is 4.15. The number of benzene rings is 2. The second-order valence-electron chi connectivity index (χ2n) is 6.69. The van der Waals surface area contributed by atoms with Crippen molar-refractivity contribution in [1.82, 2.24) is 10.3 Å². The molecule has 0 radical (unpaired) electrons. The molecule has 2 aromatic rings. The number of amides is 2. The Morgan fingerprint density at radius 3 is 2.63 bits per heavy atom. The molecular formula is C21H20FN5O2S. The number of rotatable bonds is 5. The van der Waals surface area contributed by atoms with Crippen LogP contribution >= 0.6 is 11.8 Å². The second kappa shape index (κ2) is 8.58. The van der Waals surface area contributed by atoms with Crippen LogP contribution in [0.15, 0.2) is 72.1 Å². The molecule has 0 saturated carbocycles. The van der Waals surface area contributed by atoms with Crippen LogP contribution in [0.1, 0.15) is 13.3 Å².